The van der Waals surface area contributed by atoms with Crippen LogP contribution in [-0.4, -0.2) is 6.54 Å². The zero-order valence-corrected chi connectivity index (χ0v) is 13.8. The highest BCUT2D eigenvalue weighted by atomic mass is 127. The molecule has 2 N–H and O–H groups in total. The zero-order valence-electron chi connectivity index (χ0n) is 11.6. The van der Waals surface area contributed by atoms with Gasteiger partial charge in [-0.3, -0.25) is 0 Å². The molecule has 1 unspecified atom stereocenters. The second-order valence-electron chi connectivity index (χ2n) is 5.80. The number of hydrogen-bond donors (Lipinski definition) is 1. The van der Waals surface area contributed by atoms with Gasteiger partial charge >= 0.3 is 0 Å². The van der Waals surface area contributed by atoms with E-state index in [0.29, 0.717) is 0 Å². The first kappa shape index (κ1) is 14.1. The lowest BCUT2D eigenvalue weighted by molar-refractivity contribution is 0.365. The summed E-state index contributed by atoms with van der Waals surface area (Å²) in [5, 5.41) is 0. The van der Waals surface area contributed by atoms with Gasteiger partial charge < -0.3 is 5.73 Å². The van der Waals surface area contributed by atoms with Crippen molar-refractivity contribution < 1.29 is 0 Å². The van der Waals surface area contributed by atoms with Gasteiger partial charge in [0.15, 0.2) is 0 Å². The second-order valence-corrected chi connectivity index (χ2v) is 7.04. The van der Waals surface area contributed by atoms with Gasteiger partial charge in [0.1, 0.15) is 0 Å². The number of nitrogens with two attached hydrogens (primary N) is 1. The highest BCUT2D eigenvalue weighted by Gasteiger charge is 2.35. The van der Waals surface area contributed by atoms with Crippen LogP contribution >= 0.6 is 22.6 Å². The van der Waals surface area contributed by atoms with Gasteiger partial charge in [-0.25, -0.2) is 0 Å². The quantitative estimate of drug-likeness (QED) is 0.802. The number of hydrogen-bond acceptors (Lipinski definition) is 1. The van der Waals surface area contributed by atoms with E-state index in [4.69, 9.17) is 5.73 Å². The summed E-state index contributed by atoms with van der Waals surface area (Å²) < 4.78 is 1.29. The molecule has 104 valence electrons. The molecule has 2 aromatic rings. The fourth-order valence-corrected chi connectivity index (χ4v) is 3.83. The predicted octanol–water partition coefficient (Wildman–Crippen LogP) is 4.07. The average Bonchev–Trinajstić information content (AvgIpc) is 2.50. The fraction of sp³-hybridized carbons (Fsp3) is 0.333. The first-order valence-corrected chi connectivity index (χ1v) is 8.34. The summed E-state index contributed by atoms with van der Waals surface area (Å²) in [6, 6.07) is 17.7. The summed E-state index contributed by atoms with van der Waals surface area (Å²) in [4.78, 5) is 0. The molecule has 0 aliphatic heterocycles. The van der Waals surface area contributed by atoms with Crippen molar-refractivity contribution in [1.29, 1.82) is 0 Å². The smallest absolute Gasteiger partial charge is 0.0130 e. The van der Waals surface area contributed by atoms with Crippen LogP contribution in [0.3, 0.4) is 0 Å². The van der Waals surface area contributed by atoms with Gasteiger partial charge in [-0.15, -0.1) is 0 Å². The molecule has 2 heteroatoms. The summed E-state index contributed by atoms with van der Waals surface area (Å²) in [5.41, 5.74) is 10.7. The minimum Gasteiger partial charge on any atom is -0.330 e. The number of benzene rings is 2. The summed E-state index contributed by atoms with van der Waals surface area (Å²) >= 11 is 2.36. The third-order valence-electron chi connectivity index (χ3n) is 4.54. The van der Waals surface area contributed by atoms with Crippen LogP contribution in [0.1, 0.15) is 29.5 Å². The minimum absolute atomic E-state index is 0.127. The van der Waals surface area contributed by atoms with Crippen molar-refractivity contribution in [2.24, 2.45) is 5.73 Å². The molecular formula is C18H20IN. The van der Waals surface area contributed by atoms with Crippen molar-refractivity contribution in [3.05, 3.63) is 68.8 Å². The van der Waals surface area contributed by atoms with E-state index in [9.17, 15) is 0 Å². The Bertz CT molecular complexity index is 591. The highest BCUT2D eigenvalue weighted by molar-refractivity contribution is 14.1. The molecule has 20 heavy (non-hydrogen) atoms. The average molecular weight is 377 g/mol. The van der Waals surface area contributed by atoms with Gasteiger partial charge in [0.25, 0.3) is 0 Å². The van der Waals surface area contributed by atoms with E-state index >= 15 is 0 Å². The molecule has 0 amide bonds. The van der Waals surface area contributed by atoms with Gasteiger partial charge in [0.05, 0.1) is 0 Å². The number of fused-ring (bicyclic) bond motifs is 1. The lowest BCUT2D eigenvalue weighted by Gasteiger charge is -2.38. The van der Waals surface area contributed by atoms with Crippen LogP contribution in [0, 0.1) is 3.57 Å². The number of aryl methyl sites for hydroxylation is 1. The van der Waals surface area contributed by atoms with E-state index in [1.165, 1.54) is 39.5 Å². The SMILES string of the molecule is NCC1(Cc2ccc(I)cc2)CCCc2ccccc21. The first-order valence-electron chi connectivity index (χ1n) is 7.26. The molecule has 0 saturated carbocycles. The predicted molar refractivity (Wildman–Crippen MR) is 93.0 cm³/mol. The Morgan fingerprint density at radius 2 is 1.80 bits per heavy atom. The maximum absolute atomic E-state index is 6.23. The molecule has 0 bridgehead atoms. The van der Waals surface area contributed by atoms with Crippen LogP contribution in [0.5, 0.6) is 0 Å². The zero-order chi connectivity index (χ0) is 14.0. The normalized spacial score (nSPS) is 21.5. The third kappa shape index (κ3) is 2.63. The maximum atomic E-state index is 6.23. The van der Waals surface area contributed by atoms with E-state index in [1.807, 2.05) is 0 Å². The van der Waals surface area contributed by atoms with Crippen molar-refractivity contribution in [3.63, 3.8) is 0 Å². The first-order chi connectivity index (χ1) is 9.73. The third-order valence-corrected chi connectivity index (χ3v) is 5.26. The molecule has 0 heterocycles. The van der Waals surface area contributed by atoms with E-state index in [2.05, 4.69) is 71.1 Å². The van der Waals surface area contributed by atoms with Crippen molar-refractivity contribution >= 4 is 22.6 Å². The molecule has 0 spiro atoms. The van der Waals surface area contributed by atoms with Crippen LogP contribution in [-0.2, 0) is 18.3 Å². The molecule has 1 nitrogen and oxygen atoms in total. The molecule has 3 rings (SSSR count). The van der Waals surface area contributed by atoms with E-state index < -0.39 is 0 Å². The molecule has 1 atom stereocenters. The van der Waals surface area contributed by atoms with Crippen molar-refractivity contribution in [1.82, 2.24) is 0 Å². The maximum Gasteiger partial charge on any atom is 0.0130 e. The van der Waals surface area contributed by atoms with Crippen molar-refractivity contribution in [2.75, 3.05) is 6.54 Å². The summed E-state index contributed by atoms with van der Waals surface area (Å²) in [7, 11) is 0. The van der Waals surface area contributed by atoms with E-state index in [-0.39, 0.29) is 5.41 Å². The van der Waals surface area contributed by atoms with Crippen LogP contribution in [0.15, 0.2) is 48.5 Å². The second kappa shape index (κ2) is 5.86. The summed E-state index contributed by atoms with van der Waals surface area (Å²) in [6.07, 6.45) is 4.70. The Kier molecular flexibility index (Phi) is 4.13. The minimum atomic E-state index is 0.127. The van der Waals surface area contributed by atoms with Crippen LogP contribution < -0.4 is 5.73 Å². The molecule has 0 fully saturated rings. The van der Waals surface area contributed by atoms with Gasteiger partial charge in [0.2, 0.25) is 0 Å². The summed E-state index contributed by atoms with van der Waals surface area (Å²) in [6.45, 7) is 0.732. The van der Waals surface area contributed by atoms with E-state index in [0.717, 1.165) is 13.0 Å². The standard InChI is InChI=1S/C18H20IN/c19-16-9-7-14(8-10-16)12-18(13-20)11-3-5-15-4-1-2-6-17(15)18/h1-2,4,6-10H,3,5,11-13,20H2. The molecule has 1 aliphatic rings. The Balaban J connectivity index is 1.98. The van der Waals surface area contributed by atoms with Gasteiger partial charge in [-0.2, -0.15) is 0 Å². The lowest BCUT2D eigenvalue weighted by atomic mass is 9.67. The summed E-state index contributed by atoms with van der Waals surface area (Å²) in [5.74, 6) is 0. The van der Waals surface area contributed by atoms with Gasteiger partial charge in [0, 0.05) is 15.5 Å². The van der Waals surface area contributed by atoms with Gasteiger partial charge in [-0.1, -0.05) is 36.4 Å². The molecule has 0 saturated heterocycles. The van der Waals surface area contributed by atoms with Crippen molar-refractivity contribution in [3.8, 4) is 0 Å². The van der Waals surface area contributed by atoms with Crippen LogP contribution in [0.25, 0.3) is 0 Å². The fourth-order valence-electron chi connectivity index (χ4n) is 3.47. The molecular weight excluding hydrogens is 357 g/mol. The largest absolute Gasteiger partial charge is 0.330 e. The topological polar surface area (TPSA) is 26.0 Å². The van der Waals surface area contributed by atoms with E-state index in [1.54, 1.807) is 0 Å². The molecule has 0 aromatic heterocycles. The monoisotopic (exact) mass is 377 g/mol. The number of rotatable bonds is 3. The Hall–Kier alpha value is -0.870. The lowest BCUT2D eigenvalue weighted by Crippen LogP contribution is -2.40. The molecule has 1 aliphatic carbocycles. The van der Waals surface area contributed by atoms with Crippen LogP contribution in [0.4, 0.5) is 0 Å². The van der Waals surface area contributed by atoms with Crippen molar-refractivity contribution in [2.45, 2.75) is 31.1 Å². The Morgan fingerprint density at radius 3 is 2.55 bits per heavy atom. The number of halogens is 1. The Labute approximate surface area is 134 Å². The van der Waals surface area contributed by atoms with Gasteiger partial charge in [-0.05, 0) is 77.1 Å². The van der Waals surface area contributed by atoms with Crippen LogP contribution in [0.2, 0.25) is 0 Å². The highest BCUT2D eigenvalue weighted by Crippen LogP contribution is 2.39. The Morgan fingerprint density at radius 1 is 1.05 bits per heavy atom. The molecule has 2 aromatic carbocycles. The molecule has 0 radical (unpaired) electrons.